The van der Waals surface area contributed by atoms with E-state index in [-0.39, 0.29) is 11.3 Å². The lowest BCUT2D eigenvalue weighted by atomic mass is 9.82. The van der Waals surface area contributed by atoms with Crippen LogP contribution in [0.2, 0.25) is 0 Å². The quantitative estimate of drug-likeness (QED) is 0.867. The van der Waals surface area contributed by atoms with Gasteiger partial charge in [0, 0.05) is 44.9 Å². The zero-order valence-electron chi connectivity index (χ0n) is 11.5. The average molecular weight is 263 g/mol. The number of carbonyl (C=O) groups is 1. The highest BCUT2D eigenvalue weighted by Crippen LogP contribution is 2.28. The van der Waals surface area contributed by atoms with Gasteiger partial charge in [0.15, 0.2) is 0 Å². The van der Waals surface area contributed by atoms with Crippen LogP contribution in [0.5, 0.6) is 0 Å². The first-order valence-corrected chi connectivity index (χ1v) is 6.62. The van der Waals surface area contributed by atoms with Crippen molar-refractivity contribution in [3.05, 3.63) is 24.0 Å². The van der Waals surface area contributed by atoms with Crippen LogP contribution >= 0.6 is 0 Å². The fourth-order valence-corrected chi connectivity index (χ4v) is 2.22. The molecule has 1 aliphatic heterocycles. The highest BCUT2D eigenvalue weighted by Gasteiger charge is 2.28. The van der Waals surface area contributed by atoms with Crippen LogP contribution in [-0.4, -0.2) is 37.7 Å². The van der Waals surface area contributed by atoms with Crippen LogP contribution < -0.4 is 10.6 Å². The van der Waals surface area contributed by atoms with Gasteiger partial charge in [0.05, 0.1) is 5.56 Å². The molecule has 1 saturated heterocycles. The molecular weight excluding hydrogens is 242 g/mol. The van der Waals surface area contributed by atoms with Crippen LogP contribution in [0.3, 0.4) is 0 Å². The number of amides is 1. The van der Waals surface area contributed by atoms with Crippen LogP contribution in [-0.2, 0) is 4.74 Å². The molecule has 0 aromatic carbocycles. The molecule has 2 N–H and O–H groups in total. The van der Waals surface area contributed by atoms with Crippen molar-refractivity contribution in [3.63, 3.8) is 0 Å². The Hall–Kier alpha value is -1.62. The van der Waals surface area contributed by atoms with E-state index < -0.39 is 0 Å². The number of hydrogen-bond donors (Lipinski definition) is 2. The van der Waals surface area contributed by atoms with Gasteiger partial charge in [0.25, 0.3) is 5.91 Å². The zero-order chi connectivity index (χ0) is 13.7. The number of anilines is 1. The molecule has 0 spiro atoms. The zero-order valence-corrected chi connectivity index (χ0v) is 11.5. The van der Waals surface area contributed by atoms with Crippen molar-refractivity contribution in [2.75, 3.05) is 32.1 Å². The fourth-order valence-electron chi connectivity index (χ4n) is 2.22. The third-order valence-corrected chi connectivity index (χ3v) is 3.71. The van der Waals surface area contributed by atoms with Crippen LogP contribution in [0.25, 0.3) is 0 Å². The van der Waals surface area contributed by atoms with Gasteiger partial charge in [-0.3, -0.25) is 9.78 Å². The van der Waals surface area contributed by atoms with E-state index in [1.807, 2.05) is 0 Å². The number of carbonyl (C=O) groups excluding carboxylic acids is 1. The molecule has 2 rings (SSSR count). The molecule has 1 amide bonds. The first kappa shape index (κ1) is 13.8. The summed E-state index contributed by atoms with van der Waals surface area (Å²) in [5.41, 5.74) is 1.51. The van der Waals surface area contributed by atoms with Gasteiger partial charge in [0.1, 0.15) is 0 Å². The second-order valence-corrected chi connectivity index (χ2v) is 5.28. The largest absolute Gasteiger partial charge is 0.387 e. The molecule has 0 radical (unpaired) electrons. The normalized spacial score (nSPS) is 17.8. The van der Waals surface area contributed by atoms with Crippen molar-refractivity contribution in [2.24, 2.45) is 5.41 Å². The van der Waals surface area contributed by atoms with Gasteiger partial charge in [-0.15, -0.1) is 0 Å². The van der Waals surface area contributed by atoms with Gasteiger partial charge in [-0.2, -0.15) is 0 Å². The van der Waals surface area contributed by atoms with Gasteiger partial charge >= 0.3 is 0 Å². The molecule has 0 atom stereocenters. The monoisotopic (exact) mass is 263 g/mol. The maximum atomic E-state index is 12.2. The molecule has 5 nitrogen and oxygen atoms in total. The molecule has 19 heavy (non-hydrogen) atoms. The van der Waals surface area contributed by atoms with Crippen molar-refractivity contribution in [3.8, 4) is 0 Å². The number of nitrogens with one attached hydrogen (secondary N) is 2. The van der Waals surface area contributed by atoms with Gasteiger partial charge in [-0.05, 0) is 24.3 Å². The Bertz CT molecular complexity index is 442. The molecule has 0 aliphatic carbocycles. The number of aromatic nitrogens is 1. The summed E-state index contributed by atoms with van der Waals surface area (Å²) >= 11 is 0. The maximum absolute atomic E-state index is 12.2. The lowest BCUT2D eigenvalue weighted by Crippen LogP contribution is -2.39. The van der Waals surface area contributed by atoms with E-state index in [4.69, 9.17) is 4.74 Å². The number of rotatable bonds is 4. The van der Waals surface area contributed by atoms with Gasteiger partial charge in [0.2, 0.25) is 0 Å². The van der Waals surface area contributed by atoms with Crippen LogP contribution in [0.1, 0.15) is 30.1 Å². The van der Waals surface area contributed by atoms with Crippen LogP contribution in [0.4, 0.5) is 5.69 Å². The second kappa shape index (κ2) is 6.02. The highest BCUT2D eigenvalue weighted by atomic mass is 16.5. The molecule has 0 bridgehead atoms. The second-order valence-electron chi connectivity index (χ2n) is 5.28. The summed E-state index contributed by atoms with van der Waals surface area (Å²) < 4.78 is 5.36. The van der Waals surface area contributed by atoms with Crippen molar-refractivity contribution >= 4 is 11.6 Å². The van der Waals surface area contributed by atoms with Gasteiger partial charge in [-0.1, -0.05) is 6.92 Å². The first-order chi connectivity index (χ1) is 9.14. The lowest BCUT2D eigenvalue weighted by Gasteiger charge is -2.33. The molecule has 2 heterocycles. The minimum atomic E-state index is -0.0785. The van der Waals surface area contributed by atoms with E-state index in [1.54, 1.807) is 25.5 Å². The van der Waals surface area contributed by atoms with Crippen molar-refractivity contribution in [2.45, 2.75) is 19.8 Å². The summed E-state index contributed by atoms with van der Waals surface area (Å²) in [4.78, 5) is 16.2. The summed E-state index contributed by atoms with van der Waals surface area (Å²) in [6.45, 7) is 4.42. The molecular formula is C14H21N3O2. The Morgan fingerprint density at radius 3 is 2.89 bits per heavy atom. The molecule has 0 unspecified atom stereocenters. The first-order valence-electron chi connectivity index (χ1n) is 6.62. The minimum absolute atomic E-state index is 0.0785. The van der Waals surface area contributed by atoms with E-state index in [9.17, 15) is 4.79 Å². The Morgan fingerprint density at radius 2 is 2.21 bits per heavy atom. The molecule has 104 valence electrons. The Labute approximate surface area is 113 Å². The Morgan fingerprint density at radius 1 is 1.47 bits per heavy atom. The molecule has 1 fully saturated rings. The highest BCUT2D eigenvalue weighted by molar-refractivity contribution is 5.99. The van der Waals surface area contributed by atoms with E-state index in [0.29, 0.717) is 12.1 Å². The van der Waals surface area contributed by atoms with E-state index >= 15 is 0 Å². The molecule has 1 aromatic rings. The maximum Gasteiger partial charge on any atom is 0.254 e. The minimum Gasteiger partial charge on any atom is -0.387 e. The van der Waals surface area contributed by atoms with Gasteiger partial charge in [-0.25, -0.2) is 0 Å². The number of pyridine rings is 1. The predicted octanol–water partition coefficient (Wildman–Crippen LogP) is 1.67. The van der Waals surface area contributed by atoms with Crippen molar-refractivity contribution < 1.29 is 9.53 Å². The lowest BCUT2D eigenvalue weighted by molar-refractivity contribution is 0.0238. The summed E-state index contributed by atoms with van der Waals surface area (Å²) in [7, 11) is 1.80. The van der Waals surface area contributed by atoms with Crippen LogP contribution in [0.15, 0.2) is 18.5 Å². The van der Waals surface area contributed by atoms with E-state index in [0.717, 1.165) is 31.7 Å². The van der Waals surface area contributed by atoms with Crippen molar-refractivity contribution in [1.82, 2.24) is 10.3 Å². The Balaban J connectivity index is 1.97. The fraction of sp³-hybridized carbons (Fsp3) is 0.571. The number of hydrogen-bond acceptors (Lipinski definition) is 4. The molecule has 1 aliphatic rings. The summed E-state index contributed by atoms with van der Waals surface area (Å²) in [5.74, 6) is -0.0785. The third-order valence-electron chi connectivity index (χ3n) is 3.71. The predicted molar refractivity (Wildman–Crippen MR) is 74.3 cm³/mol. The number of ether oxygens (including phenoxy) is 1. The molecule has 0 saturated carbocycles. The smallest absolute Gasteiger partial charge is 0.254 e. The van der Waals surface area contributed by atoms with E-state index in [1.165, 1.54) is 0 Å². The standard InChI is InChI=1S/C14H21N3O2/c1-14(4-7-19-8-5-14)10-17-13(18)11-9-16-6-3-12(11)15-2/h3,6,9H,4-5,7-8,10H2,1-2H3,(H,15,16)(H,17,18). The average Bonchev–Trinajstić information content (AvgIpc) is 2.45. The third kappa shape index (κ3) is 3.44. The SMILES string of the molecule is CNc1ccncc1C(=O)NCC1(C)CCOCC1. The van der Waals surface area contributed by atoms with Crippen molar-refractivity contribution in [1.29, 1.82) is 0 Å². The summed E-state index contributed by atoms with van der Waals surface area (Å²) in [6, 6.07) is 1.80. The number of nitrogens with zero attached hydrogens (tertiary/aromatic N) is 1. The summed E-state index contributed by atoms with van der Waals surface area (Å²) in [5, 5.41) is 6.01. The van der Waals surface area contributed by atoms with Crippen LogP contribution in [0, 0.1) is 5.41 Å². The molecule has 1 aromatic heterocycles. The van der Waals surface area contributed by atoms with E-state index in [2.05, 4.69) is 22.5 Å². The summed E-state index contributed by atoms with van der Waals surface area (Å²) in [6.07, 6.45) is 5.23. The van der Waals surface area contributed by atoms with Gasteiger partial charge < -0.3 is 15.4 Å². The topological polar surface area (TPSA) is 63.2 Å². The molecule has 5 heteroatoms. The Kier molecular flexibility index (Phi) is 4.37.